The molecule has 0 bridgehead atoms. The summed E-state index contributed by atoms with van der Waals surface area (Å²) >= 11 is -0.218. The van der Waals surface area contributed by atoms with Crippen molar-refractivity contribution >= 4 is 17.7 Å². The van der Waals surface area contributed by atoms with Crippen LogP contribution in [0.1, 0.15) is 25.5 Å². The lowest BCUT2D eigenvalue weighted by atomic mass is 9.85. The number of rotatable bonds is 2. The first-order valence-electron chi connectivity index (χ1n) is 8.25. The lowest BCUT2D eigenvalue weighted by Crippen LogP contribution is -2.54. The summed E-state index contributed by atoms with van der Waals surface area (Å²) in [5.74, 6) is 0.784. The molecule has 3 rings (SSSR count). The van der Waals surface area contributed by atoms with E-state index in [1.165, 1.54) is 18.2 Å². The van der Waals surface area contributed by atoms with Crippen LogP contribution >= 0.6 is 11.8 Å². The Morgan fingerprint density at radius 3 is 2.70 bits per heavy atom. The molecule has 10 heteroatoms. The molecule has 0 aromatic heterocycles. The second-order valence-electron chi connectivity index (χ2n) is 6.97. The Labute approximate surface area is 159 Å². The van der Waals surface area contributed by atoms with Gasteiger partial charge in [-0.2, -0.15) is 18.4 Å². The first-order chi connectivity index (χ1) is 12.5. The molecule has 6 nitrogen and oxygen atoms in total. The average molecular weight is 400 g/mol. The van der Waals surface area contributed by atoms with Crippen LogP contribution in [0.2, 0.25) is 0 Å². The van der Waals surface area contributed by atoms with Crippen LogP contribution in [0.4, 0.5) is 13.2 Å². The number of ether oxygens (including phenoxy) is 1. The maximum atomic E-state index is 12.8. The van der Waals surface area contributed by atoms with Crippen LogP contribution in [0.5, 0.6) is 5.75 Å². The highest BCUT2D eigenvalue weighted by molar-refractivity contribution is 8.00. The summed E-state index contributed by atoms with van der Waals surface area (Å²) in [6.07, 6.45) is 0.714. The van der Waals surface area contributed by atoms with Crippen molar-refractivity contribution < 1.29 is 23.0 Å². The molecular formula is C17H19F3N4O2S. The molecule has 2 aliphatic rings. The molecule has 27 heavy (non-hydrogen) atoms. The highest BCUT2D eigenvalue weighted by atomic mass is 32.2. The summed E-state index contributed by atoms with van der Waals surface area (Å²) < 4.78 is 44.2. The molecule has 2 aliphatic heterocycles. The second-order valence-corrected chi connectivity index (χ2v) is 8.11. The van der Waals surface area contributed by atoms with Crippen LogP contribution in [0.15, 0.2) is 28.1 Å². The van der Waals surface area contributed by atoms with Gasteiger partial charge in [0.1, 0.15) is 17.5 Å². The van der Waals surface area contributed by atoms with E-state index >= 15 is 0 Å². The maximum absolute atomic E-state index is 12.8. The minimum absolute atomic E-state index is 0.00748. The number of nitriles is 1. The van der Waals surface area contributed by atoms with Crippen LogP contribution in [0, 0.1) is 11.5 Å². The van der Waals surface area contributed by atoms with E-state index in [9.17, 15) is 18.3 Å². The molecule has 146 valence electrons. The zero-order chi connectivity index (χ0) is 20.0. The lowest BCUT2D eigenvalue weighted by molar-refractivity contribution is -0.0802. The summed E-state index contributed by atoms with van der Waals surface area (Å²) in [7, 11) is 1.77. The number of aliphatic hydroxyl groups is 1. The molecule has 0 spiro atoms. The van der Waals surface area contributed by atoms with Crippen LogP contribution in [-0.2, 0) is 0 Å². The van der Waals surface area contributed by atoms with Gasteiger partial charge in [-0.05, 0) is 43.8 Å². The molecule has 0 amide bonds. The number of nitrogens with zero attached hydrogens (tertiary/aromatic N) is 4. The Hall–Kier alpha value is -2.12. The summed E-state index contributed by atoms with van der Waals surface area (Å²) in [6, 6.07) is 3.54. The zero-order valence-corrected chi connectivity index (χ0v) is 15.8. The van der Waals surface area contributed by atoms with E-state index in [1.54, 1.807) is 36.9 Å². The number of hydrogen-bond acceptors (Lipinski definition) is 5. The number of halogens is 3. The minimum atomic E-state index is -4.42. The molecule has 2 heterocycles. The van der Waals surface area contributed by atoms with Gasteiger partial charge in [0.2, 0.25) is 12.2 Å². The molecule has 1 aromatic rings. The third-order valence-corrected chi connectivity index (χ3v) is 5.40. The van der Waals surface area contributed by atoms with Gasteiger partial charge in [0.15, 0.2) is 0 Å². The smallest absolute Gasteiger partial charge is 0.446 e. The van der Waals surface area contributed by atoms with E-state index in [4.69, 9.17) is 10.00 Å². The van der Waals surface area contributed by atoms with E-state index < -0.39 is 23.3 Å². The van der Waals surface area contributed by atoms with Gasteiger partial charge in [-0.3, -0.25) is 0 Å². The van der Waals surface area contributed by atoms with Gasteiger partial charge in [0.05, 0.1) is 6.04 Å². The van der Waals surface area contributed by atoms with E-state index in [-0.39, 0.29) is 16.7 Å². The number of aliphatic imine (C=N–C) groups is 1. The average Bonchev–Trinajstić information content (AvgIpc) is 2.89. The molecule has 0 radical (unpaired) electrons. The summed E-state index contributed by atoms with van der Waals surface area (Å²) in [4.78, 5) is 7.36. The van der Waals surface area contributed by atoms with E-state index in [0.717, 1.165) is 0 Å². The molecule has 0 saturated carbocycles. The van der Waals surface area contributed by atoms with Gasteiger partial charge in [-0.1, -0.05) is 0 Å². The molecule has 0 aliphatic carbocycles. The molecular weight excluding hydrogens is 381 g/mol. The molecule has 2 atom stereocenters. The second kappa shape index (κ2) is 6.80. The number of aliphatic hydroxyl groups excluding tert-OH is 1. The van der Waals surface area contributed by atoms with Crippen LogP contribution in [0.3, 0.4) is 0 Å². The number of guanidine groups is 1. The molecule has 1 aromatic carbocycles. The Bertz CT molecular complexity index is 806. The number of benzene rings is 1. The van der Waals surface area contributed by atoms with Crippen molar-refractivity contribution in [2.45, 2.75) is 42.0 Å². The summed E-state index contributed by atoms with van der Waals surface area (Å²) in [5.41, 5.74) is -4.94. The normalized spacial score (nSPS) is 25.9. The highest BCUT2D eigenvalue weighted by Crippen LogP contribution is 2.46. The highest BCUT2D eigenvalue weighted by Gasteiger charge is 2.48. The predicted molar refractivity (Wildman–Crippen MR) is 94.2 cm³/mol. The fourth-order valence-corrected chi connectivity index (χ4v) is 4.00. The van der Waals surface area contributed by atoms with E-state index in [2.05, 4.69) is 4.99 Å². The minimum Gasteiger partial charge on any atom is -0.485 e. The Balaban J connectivity index is 2.09. The fourth-order valence-electron chi connectivity index (χ4n) is 3.41. The van der Waals surface area contributed by atoms with Gasteiger partial charge < -0.3 is 19.6 Å². The van der Waals surface area contributed by atoms with Crippen molar-refractivity contribution in [1.82, 2.24) is 9.80 Å². The topological polar surface area (TPSA) is 72.1 Å². The SMILES string of the molecule is CN1CCN([C@H]2c3cc(SC(F)(F)F)ccc3OC(C)(C)[C@@H]2O)C1=NC#N. The van der Waals surface area contributed by atoms with E-state index in [0.29, 0.717) is 30.4 Å². The first kappa shape index (κ1) is 19.6. The monoisotopic (exact) mass is 400 g/mol. The van der Waals surface area contributed by atoms with Gasteiger partial charge in [-0.25, -0.2) is 0 Å². The Kier molecular flexibility index (Phi) is 4.94. The number of hydrogen-bond donors (Lipinski definition) is 1. The first-order valence-corrected chi connectivity index (χ1v) is 9.06. The summed E-state index contributed by atoms with van der Waals surface area (Å²) in [6.45, 7) is 4.49. The van der Waals surface area contributed by atoms with Crippen LogP contribution in [0.25, 0.3) is 0 Å². The van der Waals surface area contributed by atoms with Crippen molar-refractivity contribution in [1.29, 1.82) is 5.26 Å². The number of alkyl halides is 3. The van der Waals surface area contributed by atoms with Crippen molar-refractivity contribution in [3.63, 3.8) is 0 Å². The zero-order valence-electron chi connectivity index (χ0n) is 15.0. The third-order valence-electron chi connectivity index (χ3n) is 4.68. The molecule has 1 fully saturated rings. The maximum Gasteiger partial charge on any atom is 0.446 e. The van der Waals surface area contributed by atoms with Crippen molar-refractivity contribution in [2.24, 2.45) is 4.99 Å². The van der Waals surface area contributed by atoms with Gasteiger partial charge in [0.25, 0.3) is 0 Å². The standard InChI is InChI=1S/C17H19F3N4O2S/c1-16(2)14(25)13(24-7-6-23(3)15(24)22-9-21)11-8-10(27-17(18,19)20)4-5-12(11)26-16/h4-5,8,13-14,25H,6-7H2,1-3H3/t13-,14+/m0/s1. The molecule has 0 unspecified atom stereocenters. The molecule has 1 N–H and O–H groups in total. The van der Waals surface area contributed by atoms with Crippen molar-refractivity contribution in [3.05, 3.63) is 23.8 Å². The Morgan fingerprint density at radius 2 is 2.07 bits per heavy atom. The Morgan fingerprint density at radius 1 is 1.37 bits per heavy atom. The molecule has 1 saturated heterocycles. The van der Waals surface area contributed by atoms with Gasteiger partial charge in [-0.15, -0.1) is 4.99 Å². The number of likely N-dealkylation sites (N-methyl/N-ethyl adjacent to an activating group) is 1. The quantitative estimate of drug-likeness (QED) is 0.608. The fraction of sp³-hybridized carbons (Fsp3) is 0.529. The number of fused-ring (bicyclic) bond motifs is 1. The number of thioether (sulfide) groups is 1. The van der Waals surface area contributed by atoms with Gasteiger partial charge in [0, 0.05) is 30.6 Å². The summed E-state index contributed by atoms with van der Waals surface area (Å²) in [5, 5.41) is 19.9. The van der Waals surface area contributed by atoms with Crippen LogP contribution < -0.4 is 4.74 Å². The lowest BCUT2D eigenvalue weighted by Gasteiger charge is -2.45. The predicted octanol–water partition coefficient (Wildman–Crippen LogP) is 2.96. The largest absolute Gasteiger partial charge is 0.485 e. The van der Waals surface area contributed by atoms with Gasteiger partial charge >= 0.3 is 5.51 Å². The van der Waals surface area contributed by atoms with E-state index in [1.807, 2.05) is 0 Å². The van der Waals surface area contributed by atoms with Crippen molar-refractivity contribution in [2.75, 3.05) is 20.1 Å². The van der Waals surface area contributed by atoms with Crippen molar-refractivity contribution in [3.8, 4) is 11.9 Å². The van der Waals surface area contributed by atoms with Crippen LogP contribution in [-0.4, -0.2) is 58.2 Å². The third kappa shape index (κ3) is 3.80.